The number of aromatic nitrogens is 2. The lowest BCUT2D eigenvalue weighted by molar-refractivity contribution is -0.144. The number of methoxy groups -OCH3 is 1. The summed E-state index contributed by atoms with van der Waals surface area (Å²) in [5.41, 5.74) is 5.58. The highest BCUT2D eigenvalue weighted by molar-refractivity contribution is 6.49. The van der Waals surface area contributed by atoms with Crippen molar-refractivity contribution in [3.63, 3.8) is 0 Å². The predicted octanol–water partition coefficient (Wildman–Crippen LogP) is 6.24. The fourth-order valence-electron chi connectivity index (χ4n) is 5.22. The Morgan fingerprint density at radius 3 is 2.78 bits per heavy atom. The van der Waals surface area contributed by atoms with Crippen LogP contribution in [0.1, 0.15) is 49.4 Å². The molecule has 190 valence electrons. The molecule has 1 aliphatic carbocycles. The number of carbonyl (C=O) groups is 1. The summed E-state index contributed by atoms with van der Waals surface area (Å²) >= 11 is 13.2. The molecule has 1 saturated heterocycles. The standard InChI is InChI=1S/C28H31Cl2N3O3/c1-17(2)33-25-9-4-18(12-24(25)27(30)31-33)16-36-22-7-8-23-19(13-22)5-6-20(26(23)29)14-32-11-10-21(15-32)28(34)35-3/h4,7-9,12-13,17,21H,5-6,10-11,14-16H2,1-3H3. The van der Waals surface area contributed by atoms with Crippen LogP contribution in [0.2, 0.25) is 5.15 Å². The molecule has 0 amide bonds. The molecule has 6 nitrogen and oxygen atoms in total. The fraction of sp³-hybridized carbons (Fsp3) is 0.429. The van der Waals surface area contributed by atoms with Gasteiger partial charge in [-0.1, -0.05) is 29.3 Å². The summed E-state index contributed by atoms with van der Waals surface area (Å²) in [6, 6.07) is 12.5. The van der Waals surface area contributed by atoms with E-state index < -0.39 is 0 Å². The molecule has 1 aromatic heterocycles. The van der Waals surface area contributed by atoms with Crippen molar-refractivity contribution in [1.29, 1.82) is 0 Å². The highest BCUT2D eigenvalue weighted by atomic mass is 35.5. The van der Waals surface area contributed by atoms with E-state index in [-0.39, 0.29) is 17.9 Å². The Balaban J connectivity index is 1.25. The van der Waals surface area contributed by atoms with Crippen LogP contribution < -0.4 is 4.74 Å². The number of likely N-dealkylation sites (tertiary alicyclic amines) is 1. The van der Waals surface area contributed by atoms with Gasteiger partial charge in [0.15, 0.2) is 5.15 Å². The number of halogens is 2. The lowest BCUT2D eigenvalue weighted by Crippen LogP contribution is -2.27. The second kappa shape index (κ2) is 10.4. The first-order valence-electron chi connectivity index (χ1n) is 12.4. The Morgan fingerprint density at radius 1 is 1.17 bits per heavy atom. The topological polar surface area (TPSA) is 56.6 Å². The number of fused-ring (bicyclic) bond motifs is 2. The number of hydrogen-bond acceptors (Lipinski definition) is 5. The molecular weight excluding hydrogens is 497 g/mol. The summed E-state index contributed by atoms with van der Waals surface area (Å²) in [6.07, 6.45) is 2.67. The molecule has 0 bridgehead atoms. The second-order valence-corrected chi connectivity index (χ2v) is 10.7. The van der Waals surface area contributed by atoms with Gasteiger partial charge in [0, 0.05) is 29.5 Å². The Kier molecular flexibility index (Phi) is 7.29. The van der Waals surface area contributed by atoms with Crippen LogP contribution in [0.4, 0.5) is 0 Å². The van der Waals surface area contributed by atoms with Gasteiger partial charge in [-0.25, -0.2) is 0 Å². The Labute approximate surface area is 221 Å². The van der Waals surface area contributed by atoms with Crippen molar-refractivity contribution in [3.8, 4) is 5.75 Å². The lowest BCUT2D eigenvalue weighted by Gasteiger charge is -2.24. The van der Waals surface area contributed by atoms with Crippen molar-refractivity contribution in [3.05, 3.63) is 63.8 Å². The fourth-order valence-corrected chi connectivity index (χ4v) is 5.79. The van der Waals surface area contributed by atoms with E-state index in [0.717, 1.165) is 71.7 Å². The van der Waals surface area contributed by atoms with Gasteiger partial charge in [0.25, 0.3) is 0 Å². The third-order valence-corrected chi connectivity index (χ3v) is 7.91. The molecule has 2 aromatic carbocycles. The summed E-state index contributed by atoms with van der Waals surface area (Å²) in [7, 11) is 1.46. The van der Waals surface area contributed by atoms with Crippen molar-refractivity contribution in [2.45, 2.75) is 45.8 Å². The van der Waals surface area contributed by atoms with E-state index in [2.05, 4.69) is 54.2 Å². The van der Waals surface area contributed by atoms with Crippen molar-refractivity contribution >= 4 is 45.1 Å². The number of benzene rings is 2. The zero-order chi connectivity index (χ0) is 25.4. The maximum Gasteiger partial charge on any atom is 0.310 e. The maximum atomic E-state index is 11.8. The van der Waals surface area contributed by atoms with E-state index in [1.807, 2.05) is 10.7 Å². The van der Waals surface area contributed by atoms with Crippen molar-refractivity contribution in [2.75, 3.05) is 26.7 Å². The average Bonchev–Trinajstić information content (AvgIpc) is 3.48. The number of hydrogen-bond donors (Lipinski definition) is 0. The van der Waals surface area contributed by atoms with E-state index in [4.69, 9.17) is 32.7 Å². The normalized spacial score (nSPS) is 18.2. The van der Waals surface area contributed by atoms with Gasteiger partial charge in [0.05, 0.1) is 18.5 Å². The Morgan fingerprint density at radius 2 is 2.00 bits per heavy atom. The zero-order valence-corrected chi connectivity index (χ0v) is 22.4. The molecule has 1 fully saturated rings. The Hall–Kier alpha value is -2.54. The molecule has 0 saturated carbocycles. The van der Waals surface area contributed by atoms with Gasteiger partial charge in [-0.05, 0) is 92.2 Å². The molecule has 0 spiro atoms. The summed E-state index contributed by atoms with van der Waals surface area (Å²) in [6.45, 7) is 7.04. The van der Waals surface area contributed by atoms with Gasteiger partial charge in [-0.3, -0.25) is 14.4 Å². The van der Waals surface area contributed by atoms with Crippen LogP contribution in [0.5, 0.6) is 5.75 Å². The molecule has 8 heteroatoms. The SMILES string of the molecule is COC(=O)C1CCN(CC2=C(Cl)c3ccc(OCc4ccc5c(c4)c(Cl)nn5C(C)C)cc3CC2)C1. The zero-order valence-electron chi connectivity index (χ0n) is 20.9. The summed E-state index contributed by atoms with van der Waals surface area (Å²) in [5.74, 6) is 0.673. The highest BCUT2D eigenvalue weighted by Gasteiger charge is 2.30. The summed E-state index contributed by atoms with van der Waals surface area (Å²) < 4.78 is 13.0. The molecule has 0 N–H and O–H groups in total. The maximum absolute atomic E-state index is 11.8. The molecule has 36 heavy (non-hydrogen) atoms. The van der Waals surface area contributed by atoms with Crippen LogP contribution in [0.3, 0.4) is 0 Å². The number of nitrogens with zero attached hydrogens (tertiary/aromatic N) is 3. The highest BCUT2D eigenvalue weighted by Crippen LogP contribution is 2.37. The van der Waals surface area contributed by atoms with Crippen molar-refractivity contribution in [1.82, 2.24) is 14.7 Å². The number of carbonyl (C=O) groups excluding carboxylic acids is 1. The minimum atomic E-state index is -0.118. The number of aryl methyl sites for hydroxylation is 1. The van der Waals surface area contributed by atoms with Crippen LogP contribution in [-0.4, -0.2) is 47.4 Å². The Bertz CT molecular complexity index is 1330. The van der Waals surface area contributed by atoms with E-state index in [1.54, 1.807) is 0 Å². The largest absolute Gasteiger partial charge is 0.489 e. The van der Waals surface area contributed by atoms with E-state index in [9.17, 15) is 4.79 Å². The number of ether oxygens (including phenoxy) is 2. The molecule has 2 heterocycles. The second-order valence-electron chi connectivity index (χ2n) is 9.95. The molecule has 3 aromatic rings. The van der Waals surface area contributed by atoms with Gasteiger partial charge in [-0.2, -0.15) is 5.10 Å². The molecule has 5 rings (SSSR count). The van der Waals surface area contributed by atoms with Crippen LogP contribution in [0.25, 0.3) is 15.9 Å². The molecule has 1 unspecified atom stereocenters. The number of rotatable bonds is 7. The van der Waals surface area contributed by atoms with Crippen molar-refractivity contribution < 1.29 is 14.3 Å². The first-order valence-corrected chi connectivity index (χ1v) is 13.2. The summed E-state index contributed by atoms with van der Waals surface area (Å²) in [5, 5.41) is 6.74. The van der Waals surface area contributed by atoms with Gasteiger partial charge < -0.3 is 9.47 Å². The smallest absolute Gasteiger partial charge is 0.310 e. The van der Waals surface area contributed by atoms with Crippen LogP contribution in [0, 0.1) is 5.92 Å². The van der Waals surface area contributed by atoms with Gasteiger partial charge in [0.1, 0.15) is 12.4 Å². The first-order chi connectivity index (χ1) is 17.3. The molecule has 1 aliphatic heterocycles. The number of esters is 1. The molecule has 2 aliphatic rings. The third-order valence-electron chi connectivity index (χ3n) is 7.16. The van der Waals surface area contributed by atoms with Gasteiger partial charge >= 0.3 is 5.97 Å². The van der Waals surface area contributed by atoms with Crippen molar-refractivity contribution in [2.24, 2.45) is 5.92 Å². The first kappa shape index (κ1) is 25.1. The predicted molar refractivity (Wildman–Crippen MR) is 144 cm³/mol. The minimum Gasteiger partial charge on any atom is -0.489 e. The van der Waals surface area contributed by atoms with Crippen LogP contribution in [0.15, 0.2) is 42.0 Å². The van der Waals surface area contributed by atoms with Gasteiger partial charge in [0.2, 0.25) is 0 Å². The van der Waals surface area contributed by atoms with Gasteiger partial charge in [-0.15, -0.1) is 0 Å². The monoisotopic (exact) mass is 527 g/mol. The van der Waals surface area contributed by atoms with E-state index in [1.165, 1.54) is 18.2 Å². The molecular formula is C28H31Cl2N3O3. The molecule has 0 radical (unpaired) electrons. The van der Waals surface area contributed by atoms with E-state index >= 15 is 0 Å². The average molecular weight is 528 g/mol. The lowest BCUT2D eigenvalue weighted by atomic mass is 9.91. The third kappa shape index (κ3) is 4.99. The quantitative estimate of drug-likeness (QED) is 0.340. The minimum absolute atomic E-state index is 0.0342. The summed E-state index contributed by atoms with van der Waals surface area (Å²) in [4.78, 5) is 14.1. The van der Waals surface area contributed by atoms with E-state index in [0.29, 0.717) is 11.8 Å². The van der Waals surface area contributed by atoms with Crippen LogP contribution >= 0.6 is 23.2 Å². The molecule has 1 atom stereocenters. The van der Waals surface area contributed by atoms with Crippen LogP contribution in [-0.2, 0) is 22.6 Å².